The zero-order valence-corrected chi connectivity index (χ0v) is 8.62. The molecule has 1 aromatic rings. The van der Waals surface area contributed by atoms with E-state index < -0.39 is 0 Å². The molecule has 0 heterocycles. The van der Waals surface area contributed by atoms with Crippen LogP contribution in [0.2, 0.25) is 0 Å². The molecule has 1 unspecified atom stereocenters. The first-order valence-electron chi connectivity index (χ1n) is 5.08. The molecule has 1 aromatic carbocycles. The fourth-order valence-electron chi connectivity index (χ4n) is 1.43. The number of benzene rings is 1. The van der Waals surface area contributed by atoms with Crippen LogP contribution in [-0.4, -0.2) is 24.8 Å². The quantitative estimate of drug-likeness (QED) is 0.611. The Labute approximate surface area is 89.1 Å². The van der Waals surface area contributed by atoms with Crippen molar-refractivity contribution < 1.29 is 9.50 Å². The lowest BCUT2D eigenvalue weighted by molar-refractivity contribution is 0.283. The molecule has 0 bridgehead atoms. The minimum Gasteiger partial charge on any atom is -0.396 e. The lowest BCUT2D eigenvalue weighted by Crippen LogP contribution is -2.30. The predicted molar refractivity (Wildman–Crippen MR) is 57.9 cm³/mol. The Morgan fingerprint density at radius 3 is 2.73 bits per heavy atom. The van der Waals surface area contributed by atoms with Crippen LogP contribution < -0.4 is 11.1 Å². The third-order valence-corrected chi connectivity index (χ3v) is 2.24. The Hall–Kier alpha value is -0.970. The van der Waals surface area contributed by atoms with Crippen molar-refractivity contribution in [3.8, 4) is 0 Å². The summed E-state index contributed by atoms with van der Waals surface area (Å²) in [6, 6.07) is 6.40. The maximum Gasteiger partial charge on any atom is 0.128 e. The Morgan fingerprint density at radius 2 is 2.13 bits per heavy atom. The first kappa shape index (κ1) is 12.1. The van der Waals surface area contributed by atoms with Crippen molar-refractivity contribution in [3.63, 3.8) is 0 Å². The monoisotopic (exact) mass is 212 g/mol. The van der Waals surface area contributed by atoms with Crippen LogP contribution in [0, 0.1) is 5.82 Å². The molecule has 0 spiro atoms. The van der Waals surface area contributed by atoms with Gasteiger partial charge in [0, 0.05) is 24.8 Å². The fraction of sp³-hybridized carbons (Fsp3) is 0.455. The van der Waals surface area contributed by atoms with Crippen LogP contribution in [0.3, 0.4) is 0 Å². The maximum atomic E-state index is 13.4. The highest BCUT2D eigenvalue weighted by Crippen LogP contribution is 2.15. The molecule has 84 valence electrons. The van der Waals surface area contributed by atoms with Crippen molar-refractivity contribution in [2.45, 2.75) is 12.5 Å². The van der Waals surface area contributed by atoms with Gasteiger partial charge in [-0.25, -0.2) is 4.39 Å². The minimum atomic E-state index is -0.246. The highest BCUT2D eigenvalue weighted by molar-refractivity contribution is 5.21. The van der Waals surface area contributed by atoms with Crippen LogP contribution in [0.15, 0.2) is 24.3 Å². The summed E-state index contributed by atoms with van der Waals surface area (Å²) in [5.41, 5.74) is 6.15. The second-order valence-corrected chi connectivity index (χ2v) is 3.34. The van der Waals surface area contributed by atoms with E-state index in [-0.39, 0.29) is 18.5 Å². The number of nitrogens with one attached hydrogen (secondary N) is 1. The van der Waals surface area contributed by atoms with E-state index >= 15 is 0 Å². The molecule has 1 atom stereocenters. The summed E-state index contributed by atoms with van der Waals surface area (Å²) in [5.74, 6) is -0.246. The molecule has 0 aliphatic heterocycles. The minimum absolute atomic E-state index is 0.127. The van der Waals surface area contributed by atoms with E-state index in [0.29, 0.717) is 25.1 Å². The van der Waals surface area contributed by atoms with E-state index in [2.05, 4.69) is 5.32 Å². The highest BCUT2D eigenvalue weighted by Gasteiger charge is 2.12. The number of rotatable bonds is 6. The van der Waals surface area contributed by atoms with Gasteiger partial charge in [-0.1, -0.05) is 18.2 Å². The smallest absolute Gasteiger partial charge is 0.128 e. The Balaban J connectivity index is 2.61. The number of aliphatic hydroxyl groups excluding tert-OH is 1. The van der Waals surface area contributed by atoms with Crippen molar-refractivity contribution in [2.24, 2.45) is 5.73 Å². The fourth-order valence-corrected chi connectivity index (χ4v) is 1.43. The summed E-state index contributed by atoms with van der Waals surface area (Å²) >= 11 is 0. The summed E-state index contributed by atoms with van der Waals surface area (Å²) < 4.78 is 13.4. The van der Waals surface area contributed by atoms with Gasteiger partial charge in [-0.2, -0.15) is 0 Å². The lowest BCUT2D eigenvalue weighted by atomic mass is 10.1. The molecule has 4 heteroatoms. The molecule has 0 radical (unpaired) electrons. The van der Waals surface area contributed by atoms with E-state index in [1.54, 1.807) is 18.2 Å². The van der Waals surface area contributed by atoms with Gasteiger partial charge in [0.15, 0.2) is 0 Å². The van der Waals surface area contributed by atoms with Gasteiger partial charge in [0.25, 0.3) is 0 Å². The maximum absolute atomic E-state index is 13.4. The SMILES string of the molecule is NCC(NCCCO)c1ccccc1F. The molecular weight excluding hydrogens is 195 g/mol. The molecule has 1 rings (SSSR count). The molecule has 0 saturated carbocycles. The Bertz CT molecular complexity index is 294. The molecular formula is C11H17FN2O. The van der Waals surface area contributed by atoms with Crippen molar-refractivity contribution in [3.05, 3.63) is 35.6 Å². The van der Waals surface area contributed by atoms with Gasteiger partial charge in [-0.05, 0) is 19.0 Å². The van der Waals surface area contributed by atoms with E-state index in [4.69, 9.17) is 10.8 Å². The van der Waals surface area contributed by atoms with E-state index in [0.717, 1.165) is 0 Å². The van der Waals surface area contributed by atoms with Gasteiger partial charge in [0.2, 0.25) is 0 Å². The van der Waals surface area contributed by atoms with Crippen molar-refractivity contribution in [1.82, 2.24) is 5.32 Å². The topological polar surface area (TPSA) is 58.3 Å². The zero-order chi connectivity index (χ0) is 11.1. The van der Waals surface area contributed by atoms with Gasteiger partial charge in [0.1, 0.15) is 5.82 Å². The summed E-state index contributed by atoms with van der Waals surface area (Å²) in [6.45, 7) is 1.10. The van der Waals surface area contributed by atoms with Crippen molar-refractivity contribution in [2.75, 3.05) is 19.7 Å². The van der Waals surface area contributed by atoms with Gasteiger partial charge < -0.3 is 16.2 Å². The number of hydrogen-bond donors (Lipinski definition) is 3. The Morgan fingerprint density at radius 1 is 1.40 bits per heavy atom. The summed E-state index contributed by atoms with van der Waals surface area (Å²) in [7, 11) is 0. The van der Waals surface area contributed by atoms with Gasteiger partial charge in [-0.15, -0.1) is 0 Å². The van der Waals surface area contributed by atoms with Crippen LogP contribution in [0.4, 0.5) is 4.39 Å². The molecule has 0 saturated heterocycles. The van der Waals surface area contributed by atoms with Gasteiger partial charge >= 0.3 is 0 Å². The number of hydrogen-bond acceptors (Lipinski definition) is 3. The Kier molecular flexibility index (Phi) is 5.25. The standard InChI is InChI=1S/C11H17FN2O/c12-10-5-2-1-4-9(10)11(8-13)14-6-3-7-15/h1-2,4-5,11,14-15H,3,6-8,13H2. The second kappa shape index (κ2) is 6.50. The summed E-state index contributed by atoms with van der Waals surface area (Å²) in [5, 5.41) is 11.7. The van der Waals surface area contributed by atoms with Crippen molar-refractivity contribution in [1.29, 1.82) is 0 Å². The predicted octanol–water partition coefficient (Wildman–Crippen LogP) is 0.798. The third kappa shape index (κ3) is 3.58. The third-order valence-electron chi connectivity index (χ3n) is 2.24. The first-order chi connectivity index (χ1) is 7.29. The van der Waals surface area contributed by atoms with Gasteiger partial charge in [0.05, 0.1) is 0 Å². The zero-order valence-electron chi connectivity index (χ0n) is 8.62. The first-order valence-corrected chi connectivity index (χ1v) is 5.08. The molecule has 0 amide bonds. The van der Waals surface area contributed by atoms with Crippen molar-refractivity contribution >= 4 is 0 Å². The van der Waals surface area contributed by atoms with Gasteiger partial charge in [-0.3, -0.25) is 0 Å². The van der Waals surface area contributed by atoms with Crippen LogP contribution in [-0.2, 0) is 0 Å². The second-order valence-electron chi connectivity index (χ2n) is 3.34. The average Bonchev–Trinajstić information content (AvgIpc) is 2.26. The molecule has 3 nitrogen and oxygen atoms in total. The van der Waals surface area contributed by atoms with E-state index in [9.17, 15) is 4.39 Å². The van der Waals surface area contributed by atoms with Crippen LogP contribution in [0.25, 0.3) is 0 Å². The lowest BCUT2D eigenvalue weighted by Gasteiger charge is -2.17. The number of nitrogens with two attached hydrogens (primary N) is 1. The molecule has 4 N–H and O–H groups in total. The highest BCUT2D eigenvalue weighted by atomic mass is 19.1. The summed E-state index contributed by atoms with van der Waals surface area (Å²) in [6.07, 6.45) is 0.644. The van der Waals surface area contributed by atoms with E-state index in [1.807, 2.05) is 0 Å². The van der Waals surface area contributed by atoms with E-state index in [1.165, 1.54) is 6.07 Å². The number of aliphatic hydroxyl groups is 1. The van der Waals surface area contributed by atoms with Crippen LogP contribution in [0.5, 0.6) is 0 Å². The molecule has 0 aliphatic rings. The molecule has 15 heavy (non-hydrogen) atoms. The van der Waals surface area contributed by atoms with Crippen LogP contribution >= 0.6 is 0 Å². The molecule has 0 fully saturated rings. The van der Waals surface area contributed by atoms with Crippen LogP contribution in [0.1, 0.15) is 18.0 Å². The number of halogens is 1. The normalized spacial score (nSPS) is 12.7. The molecule has 0 aliphatic carbocycles. The average molecular weight is 212 g/mol. The molecule has 0 aromatic heterocycles. The largest absolute Gasteiger partial charge is 0.396 e. The summed E-state index contributed by atoms with van der Waals surface area (Å²) in [4.78, 5) is 0.